The quantitative estimate of drug-likeness (QED) is 0.472. The van der Waals surface area contributed by atoms with E-state index in [-0.39, 0.29) is 29.1 Å². The van der Waals surface area contributed by atoms with Crippen molar-refractivity contribution in [2.24, 2.45) is 0 Å². The Morgan fingerprint density at radius 1 is 1.33 bits per heavy atom. The van der Waals surface area contributed by atoms with Crippen LogP contribution < -0.4 is 10.2 Å². The molecule has 0 saturated heterocycles. The molecule has 10 heteroatoms. The molecule has 24 heavy (non-hydrogen) atoms. The van der Waals surface area contributed by atoms with Crippen molar-refractivity contribution >= 4 is 42.1 Å². The first-order valence-corrected chi connectivity index (χ1v) is 8.19. The molecule has 0 fully saturated rings. The van der Waals surface area contributed by atoms with Crippen LogP contribution in [0.1, 0.15) is 23.8 Å². The fourth-order valence-corrected chi connectivity index (χ4v) is 2.38. The summed E-state index contributed by atoms with van der Waals surface area (Å²) in [5.74, 6) is -0.445. The maximum Gasteiger partial charge on any atom is 0.273 e. The summed E-state index contributed by atoms with van der Waals surface area (Å²) in [6.45, 7) is 1.79. The lowest BCUT2D eigenvalue weighted by Gasteiger charge is -2.12. The van der Waals surface area contributed by atoms with Crippen LogP contribution in [0, 0.1) is 0 Å². The number of hydrogen-bond acceptors (Lipinski definition) is 6. The molecule has 9 nitrogen and oxygen atoms in total. The van der Waals surface area contributed by atoms with Crippen LogP contribution in [0.15, 0.2) is 5.16 Å². The molecule has 1 rings (SSSR count). The fraction of sp³-hybridized carbons (Fsp3) is 0.500. The summed E-state index contributed by atoms with van der Waals surface area (Å²) in [7, 11) is 4.64. The molecule has 0 aliphatic heterocycles. The number of thioether (sulfide) groups is 1. The molecule has 0 spiro atoms. The molecule has 1 aromatic rings. The molecule has 1 aromatic heterocycles. The highest BCUT2D eigenvalue weighted by molar-refractivity contribution is 7.99. The van der Waals surface area contributed by atoms with Gasteiger partial charge in [-0.3, -0.25) is 14.4 Å². The van der Waals surface area contributed by atoms with E-state index in [2.05, 4.69) is 15.3 Å². The molecule has 1 unspecified atom stereocenters. The highest BCUT2D eigenvalue weighted by Crippen LogP contribution is 2.23. The lowest BCUT2D eigenvalue weighted by Crippen LogP contribution is -2.36. The van der Waals surface area contributed by atoms with Gasteiger partial charge >= 0.3 is 0 Å². The summed E-state index contributed by atoms with van der Waals surface area (Å²) in [4.78, 5) is 55.2. The highest BCUT2D eigenvalue weighted by Gasteiger charge is 2.22. The summed E-state index contributed by atoms with van der Waals surface area (Å²) >= 11 is 1.08. The first-order chi connectivity index (χ1) is 11.3. The topological polar surface area (TPSA) is 115 Å². The minimum atomic E-state index is -0.516. The van der Waals surface area contributed by atoms with E-state index < -0.39 is 6.04 Å². The molecule has 1 heterocycles. The van der Waals surface area contributed by atoms with Gasteiger partial charge in [0.15, 0.2) is 11.0 Å². The van der Waals surface area contributed by atoms with E-state index in [1.54, 1.807) is 21.0 Å². The van der Waals surface area contributed by atoms with Gasteiger partial charge in [0.05, 0.1) is 11.8 Å². The van der Waals surface area contributed by atoms with Gasteiger partial charge in [0, 0.05) is 21.1 Å². The number of amides is 3. The SMILES string of the molecule is CCC(C=O)NC(=O)CSc1nc(N(C)C=O)c(C(=O)N(C)C)[nH]1. The van der Waals surface area contributed by atoms with Crippen LogP contribution in [-0.4, -0.2) is 72.3 Å². The minimum Gasteiger partial charge on any atom is -0.346 e. The number of nitrogens with one attached hydrogen (secondary N) is 2. The summed E-state index contributed by atoms with van der Waals surface area (Å²) in [6.07, 6.45) is 1.73. The lowest BCUT2D eigenvalue weighted by atomic mass is 10.2. The average molecular weight is 355 g/mol. The molecule has 3 amide bonds. The molecule has 0 aliphatic carbocycles. The second kappa shape index (κ2) is 9.06. The second-order valence-corrected chi connectivity index (χ2v) is 6.13. The summed E-state index contributed by atoms with van der Waals surface area (Å²) in [5.41, 5.74) is 0.164. The molecule has 1 atom stereocenters. The zero-order chi connectivity index (χ0) is 18.3. The van der Waals surface area contributed by atoms with E-state index in [0.717, 1.165) is 11.8 Å². The predicted molar refractivity (Wildman–Crippen MR) is 90.1 cm³/mol. The van der Waals surface area contributed by atoms with Gasteiger partial charge in [0.2, 0.25) is 12.3 Å². The third-order valence-corrected chi connectivity index (χ3v) is 3.94. The van der Waals surface area contributed by atoms with Crippen LogP contribution in [0.25, 0.3) is 0 Å². The van der Waals surface area contributed by atoms with Gasteiger partial charge in [-0.2, -0.15) is 0 Å². The standard InChI is InChI=1S/C14H21N5O4S/c1-5-9(6-20)15-10(22)7-24-14-16-11(13(23)18(2)3)12(17-14)19(4)8-21/h6,8-9H,5,7H2,1-4H3,(H,15,22)(H,16,17). The molecule has 2 N–H and O–H groups in total. The molecular weight excluding hydrogens is 334 g/mol. The summed E-state index contributed by atoms with van der Waals surface area (Å²) in [6, 6.07) is -0.516. The molecule has 132 valence electrons. The van der Waals surface area contributed by atoms with Gasteiger partial charge in [-0.05, 0) is 6.42 Å². The number of aromatic amines is 1. The van der Waals surface area contributed by atoms with E-state index in [0.29, 0.717) is 24.3 Å². The van der Waals surface area contributed by atoms with Crippen LogP contribution in [0.4, 0.5) is 5.82 Å². The van der Waals surface area contributed by atoms with Crippen molar-refractivity contribution in [1.82, 2.24) is 20.2 Å². The van der Waals surface area contributed by atoms with Crippen LogP contribution in [0.5, 0.6) is 0 Å². The van der Waals surface area contributed by atoms with Gasteiger partial charge in [-0.15, -0.1) is 0 Å². The monoisotopic (exact) mass is 355 g/mol. The van der Waals surface area contributed by atoms with Gasteiger partial charge in [0.1, 0.15) is 12.0 Å². The Morgan fingerprint density at radius 2 is 2.00 bits per heavy atom. The number of anilines is 1. The highest BCUT2D eigenvalue weighted by atomic mass is 32.2. The maximum absolute atomic E-state index is 12.1. The third kappa shape index (κ3) is 5.08. The van der Waals surface area contributed by atoms with Gasteiger partial charge in [-0.1, -0.05) is 18.7 Å². The van der Waals surface area contributed by atoms with Crippen molar-refractivity contribution in [3.63, 3.8) is 0 Å². The van der Waals surface area contributed by atoms with Crippen LogP contribution in [0.2, 0.25) is 0 Å². The van der Waals surface area contributed by atoms with Crippen molar-refractivity contribution < 1.29 is 19.2 Å². The van der Waals surface area contributed by atoms with Crippen molar-refractivity contribution in [3.05, 3.63) is 5.69 Å². The number of H-pyrrole nitrogens is 1. The average Bonchev–Trinajstić information content (AvgIpc) is 3.00. The van der Waals surface area contributed by atoms with Crippen LogP contribution in [0.3, 0.4) is 0 Å². The van der Waals surface area contributed by atoms with Crippen molar-refractivity contribution in [2.75, 3.05) is 31.8 Å². The van der Waals surface area contributed by atoms with E-state index in [4.69, 9.17) is 0 Å². The van der Waals surface area contributed by atoms with Crippen molar-refractivity contribution in [3.8, 4) is 0 Å². The normalized spacial score (nSPS) is 11.5. The van der Waals surface area contributed by atoms with Gasteiger partial charge in [0.25, 0.3) is 5.91 Å². The fourth-order valence-electron chi connectivity index (χ4n) is 1.70. The van der Waals surface area contributed by atoms with Crippen molar-refractivity contribution in [1.29, 1.82) is 0 Å². The largest absolute Gasteiger partial charge is 0.346 e. The number of carbonyl (C=O) groups is 4. The Labute approximate surface area is 144 Å². The van der Waals surface area contributed by atoms with E-state index in [9.17, 15) is 19.2 Å². The Morgan fingerprint density at radius 3 is 2.50 bits per heavy atom. The number of rotatable bonds is 9. The first-order valence-electron chi connectivity index (χ1n) is 7.21. The second-order valence-electron chi connectivity index (χ2n) is 5.16. The molecule has 0 aliphatic rings. The molecular formula is C14H21N5O4S. The van der Waals surface area contributed by atoms with E-state index in [1.807, 2.05) is 0 Å². The number of aldehydes is 1. The summed E-state index contributed by atoms with van der Waals surface area (Å²) in [5, 5.41) is 2.90. The van der Waals surface area contributed by atoms with Crippen LogP contribution >= 0.6 is 11.8 Å². The number of nitrogens with zero attached hydrogens (tertiary/aromatic N) is 3. The third-order valence-electron chi connectivity index (χ3n) is 3.07. The van der Waals surface area contributed by atoms with Crippen LogP contribution in [-0.2, 0) is 14.4 Å². The van der Waals surface area contributed by atoms with E-state index >= 15 is 0 Å². The number of hydrogen-bond donors (Lipinski definition) is 2. The Hall–Kier alpha value is -2.36. The zero-order valence-electron chi connectivity index (χ0n) is 14.0. The predicted octanol–water partition coefficient (Wildman–Crippen LogP) is -0.110. The smallest absolute Gasteiger partial charge is 0.273 e. The van der Waals surface area contributed by atoms with Crippen molar-refractivity contribution in [2.45, 2.75) is 24.5 Å². The first kappa shape index (κ1) is 19.7. The number of aromatic nitrogens is 2. The molecule has 0 aromatic carbocycles. The number of imidazole rings is 1. The Kier molecular flexibility index (Phi) is 7.43. The lowest BCUT2D eigenvalue weighted by molar-refractivity contribution is -0.121. The maximum atomic E-state index is 12.1. The Bertz CT molecular complexity index is 616. The Balaban J connectivity index is 2.86. The zero-order valence-corrected chi connectivity index (χ0v) is 14.8. The molecule has 0 bridgehead atoms. The minimum absolute atomic E-state index is 0.0255. The van der Waals surface area contributed by atoms with E-state index in [1.165, 1.54) is 16.8 Å². The van der Waals surface area contributed by atoms with Gasteiger partial charge in [-0.25, -0.2) is 4.98 Å². The summed E-state index contributed by atoms with van der Waals surface area (Å²) < 4.78 is 0. The molecule has 0 radical (unpaired) electrons. The van der Waals surface area contributed by atoms with Gasteiger partial charge < -0.3 is 24.9 Å². The number of carbonyl (C=O) groups excluding carboxylic acids is 4. The molecule has 0 saturated carbocycles.